The van der Waals surface area contributed by atoms with Crippen LogP contribution in [0.2, 0.25) is 0 Å². The van der Waals surface area contributed by atoms with Crippen LogP contribution >= 0.6 is 0 Å². The Morgan fingerprint density at radius 2 is 1.32 bits per heavy atom. The zero-order valence-electron chi connectivity index (χ0n) is 19.8. The summed E-state index contributed by atoms with van der Waals surface area (Å²) in [6.07, 6.45) is 0. The quantitative estimate of drug-likeness (QED) is 0.292. The molecule has 3 aromatic carbocycles. The maximum atomic E-state index is 6.26. The van der Waals surface area contributed by atoms with Crippen molar-refractivity contribution >= 4 is 34.5 Å². The second-order valence-electron chi connectivity index (χ2n) is 9.91. The molecule has 0 spiro atoms. The second kappa shape index (κ2) is 7.56. The Kier molecular flexibility index (Phi) is 4.70. The number of hydrogen-bond acceptors (Lipinski definition) is 4. The van der Waals surface area contributed by atoms with E-state index in [4.69, 9.17) is 18.7 Å². The third-order valence-corrected chi connectivity index (χ3v) is 7.14. The lowest BCUT2D eigenvalue weighted by atomic mass is 9.78. The first kappa shape index (κ1) is 21.1. The van der Waals surface area contributed by atoms with Gasteiger partial charge in [0.2, 0.25) is 0 Å². The first-order valence-corrected chi connectivity index (χ1v) is 11.7. The molecular weight excluding hydrogens is 421 g/mol. The third kappa shape index (κ3) is 3.35. The largest absolute Gasteiger partial charge is 0.494 e. The van der Waals surface area contributed by atoms with E-state index in [1.54, 1.807) is 0 Å². The van der Waals surface area contributed by atoms with E-state index in [9.17, 15) is 0 Å². The van der Waals surface area contributed by atoms with Crippen molar-refractivity contribution < 1.29 is 13.7 Å². The number of furan rings is 1. The van der Waals surface area contributed by atoms with Gasteiger partial charge in [-0.3, -0.25) is 0 Å². The van der Waals surface area contributed by atoms with Crippen LogP contribution in [-0.2, 0) is 9.31 Å². The number of rotatable bonds is 3. The summed E-state index contributed by atoms with van der Waals surface area (Å²) in [7, 11) is -0.382. The summed E-state index contributed by atoms with van der Waals surface area (Å²) in [5.41, 5.74) is 5.76. The van der Waals surface area contributed by atoms with Gasteiger partial charge in [0.25, 0.3) is 0 Å². The monoisotopic (exact) mass is 447 g/mol. The normalized spacial score (nSPS) is 17.0. The molecule has 6 rings (SSSR count). The highest BCUT2D eigenvalue weighted by atomic mass is 16.7. The van der Waals surface area contributed by atoms with E-state index < -0.39 is 0 Å². The Balaban J connectivity index is 1.46. The molecule has 1 saturated heterocycles. The van der Waals surface area contributed by atoms with Crippen LogP contribution < -0.4 is 5.46 Å². The molecule has 0 aliphatic carbocycles. The zero-order chi connectivity index (χ0) is 23.5. The molecule has 34 heavy (non-hydrogen) atoms. The number of nitrogens with zero attached hydrogens (tertiary/aromatic N) is 1. The van der Waals surface area contributed by atoms with Crippen LogP contribution in [0, 0.1) is 0 Å². The maximum absolute atomic E-state index is 6.26. The summed E-state index contributed by atoms with van der Waals surface area (Å²) in [5.74, 6) is 0. The van der Waals surface area contributed by atoms with Crippen LogP contribution in [0.25, 0.3) is 44.5 Å². The molecule has 0 N–H and O–H groups in total. The average molecular weight is 447 g/mol. The van der Waals surface area contributed by atoms with Crippen molar-refractivity contribution in [2.24, 2.45) is 0 Å². The maximum Gasteiger partial charge on any atom is 0.494 e. The van der Waals surface area contributed by atoms with Gasteiger partial charge in [-0.1, -0.05) is 72.8 Å². The second-order valence-corrected chi connectivity index (χ2v) is 9.91. The number of para-hydroxylation sites is 1. The molecule has 4 nitrogen and oxygen atoms in total. The van der Waals surface area contributed by atoms with Crippen LogP contribution in [0.15, 0.2) is 89.3 Å². The topological polar surface area (TPSA) is 44.5 Å². The molecule has 0 atom stereocenters. The van der Waals surface area contributed by atoms with Gasteiger partial charge in [0.1, 0.15) is 11.3 Å². The lowest BCUT2D eigenvalue weighted by Gasteiger charge is -2.32. The fraction of sp³-hybridized carbons (Fsp3) is 0.207. The molecule has 0 bridgehead atoms. The molecule has 0 unspecified atom stereocenters. The molecule has 5 heteroatoms. The minimum Gasteiger partial charge on any atom is -0.454 e. The Bertz CT molecular complexity index is 1490. The summed E-state index contributed by atoms with van der Waals surface area (Å²) < 4.78 is 18.7. The standard InChI is InChI=1S/C29H26BNO3/c1-28(2)29(3,4)34-30(33-28)21-16-14-19(15-17-21)24-18-23-22-12-8-9-13-25(22)32-27(23)26(31-24)20-10-6-5-7-11-20/h5-18H,1-4H3. The van der Waals surface area contributed by atoms with Gasteiger partial charge in [0.05, 0.1) is 16.9 Å². The predicted octanol–water partition coefficient (Wildman–Crippen LogP) is 6.61. The van der Waals surface area contributed by atoms with E-state index in [2.05, 4.69) is 76.2 Å². The number of benzene rings is 3. The summed E-state index contributed by atoms with van der Waals surface area (Å²) in [6.45, 7) is 8.28. The van der Waals surface area contributed by atoms with Gasteiger partial charge in [-0.05, 0) is 45.3 Å². The highest BCUT2D eigenvalue weighted by molar-refractivity contribution is 6.62. The molecule has 1 aliphatic rings. The van der Waals surface area contributed by atoms with Crippen molar-refractivity contribution in [2.75, 3.05) is 0 Å². The molecule has 1 aliphatic heterocycles. The molecular formula is C29H26BNO3. The lowest BCUT2D eigenvalue weighted by molar-refractivity contribution is 0.00578. The molecule has 1 fully saturated rings. The van der Waals surface area contributed by atoms with Crippen molar-refractivity contribution in [1.29, 1.82) is 0 Å². The average Bonchev–Trinajstić information content (AvgIpc) is 3.32. The van der Waals surface area contributed by atoms with E-state index >= 15 is 0 Å². The van der Waals surface area contributed by atoms with Crippen LogP contribution in [0.5, 0.6) is 0 Å². The number of pyridine rings is 1. The lowest BCUT2D eigenvalue weighted by Crippen LogP contribution is -2.41. The number of fused-ring (bicyclic) bond motifs is 3. The first-order valence-electron chi connectivity index (χ1n) is 11.7. The molecule has 0 radical (unpaired) electrons. The third-order valence-electron chi connectivity index (χ3n) is 7.14. The minimum absolute atomic E-state index is 0.365. The van der Waals surface area contributed by atoms with Crippen molar-refractivity contribution in [1.82, 2.24) is 4.98 Å². The van der Waals surface area contributed by atoms with Crippen LogP contribution in [0.4, 0.5) is 0 Å². The van der Waals surface area contributed by atoms with E-state index in [0.717, 1.165) is 49.9 Å². The zero-order valence-corrected chi connectivity index (χ0v) is 19.8. The molecule has 2 aromatic heterocycles. The first-order chi connectivity index (χ1) is 16.3. The summed E-state index contributed by atoms with van der Waals surface area (Å²) in [5, 5.41) is 2.15. The minimum atomic E-state index is -0.382. The molecule has 168 valence electrons. The fourth-order valence-electron chi connectivity index (χ4n) is 4.45. The Hall–Kier alpha value is -3.41. The van der Waals surface area contributed by atoms with Gasteiger partial charge in [0, 0.05) is 21.9 Å². The van der Waals surface area contributed by atoms with E-state index in [0.29, 0.717) is 0 Å². The fourth-order valence-corrected chi connectivity index (χ4v) is 4.45. The van der Waals surface area contributed by atoms with Gasteiger partial charge in [-0.2, -0.15) is 0 Å². The Labute approximate surface area is 199 Å². The van der Waals surface area contributed by atoms with Gasteiger partial charge >= 0.3 is 7.12 Å². The van der Waals surface area contributed by atoms with Gasteiger partial charge in [-0.15, -0.1) is 0 Å². The van der Waals surface area contributed by atoms with Crippen molar-refractivity contribution in [3.05, 3.63) is 84.9 Å². The molecule has 0 amide bonds. The van der Waals surface area contributed by atoms with Crippen molar-refractivity contribution in [2.45, 2.75) is 38.9 Å². The van der Waals surface area contributed by atoms with Crippen molar-refractivity contribution in [3.8, 4) is 22.5 Å². The summed E-state index contributed by atoms with van der Waals surface area (Å²) in [6, 6.07) is 28.8. The van der Waals surface area contributed by atoms with Crippen LogP contribution in [0.3, 0.4) is 0 Å². The number of hydrogen-bond donors (Lipinski definition) is 0. The summed E-state index contributed by atoms with van der Waals surface area (Å²) in [4.78, 5) is 5.05. The smallest absolute Gasteiger partial charge is 0.454 e. The Morgan fingerprint density at radius 3 is 2.03 bits per heavy atom. The van der Waals surface area contributed by atoms with E-state index in [1.165, 1.54) is 0 Å². The SMILES string of the molecule is CC1(C)OB(c2ccc(-c3cc4c(oc5ccccc54)c(-c4ccccc4)n3)cc2)OC1(C)C. The van der Waals surface area contributed by atoms with Gasteiger partial charge in [-0.25, -0.2) is 4.98 Å². The molecule has 0 saturated carbocycles. The summed E-state index contributed by atoms with van der Waals surface area (Å²) >= 11 is 0. The number of aromatic nitrogens is 1. The molecule has 5 aromatic rings. The van der Waals surface area contributed by atoms with E-state index in [1.807, 2.05) is 36.4 Å². The Morgan fingerprint density at radius 1 is 0.676 bits per heavy atom. The van der Waals surface area contributed by atoms with Crippen LogP contribution in [0.1, 0.15) is 27.7 Å². The van der Waals surface area contributed by atoms with Crippen molar-refractivity contribution in [3.63, 3.8) is 0 Å². The van der Waals surface area contributed by atoms with E-state index in [-0.39, 0.29) is 18.3 Å². The van der Waals surface area contributed by atoms with Gasteiger partial charge in [0.15, 0.2) is 5.58 Å². The van der Waals surface area contributed by atoms with Crippen LogP contribution in [-0.4, -0.2) is 23.3 Å². The highest BCUT2D eigenvalue weighted by Crippen LogP contribution is 2.38. The highest BCUT2D eigenvalue weighted by Gasteiger charge is 2.51. The molecule has 3 heterocycles. The van der Waals surface area contributed by atoms with Gasteiger partial charge < -0.3 is 13.7 Å². The predicted molar refractivity (Wildman–Crippen MR) is 138 cm³/mol.